The third-order valence-corrected chi connectivity index (χ3v) is 3.25. The van der Waals surface area contributed by atoms with E-state index in [2.05, 4.69) is 31.2 Å². The minimum atomic E-state index is -0.176. The molecule has 1 aromatic heterocycles. The van der Waals surface area contributed by atoms with Gasteiger partial charge in [0.2, 0.25) is 0 Å². The smallest absolute Gasteiger partial charge is 0.256 e. The molecule has 4 nitrogen and oxygen atoms in total. The number of hydrogen-bond donors (Lipinski definition) is 1. The van der Waals surface area contributed by atoms with Crippen molar-refractivity contribution in [1.82, 2.24) is 9.78 Å². The van der Waals surface area contributed by atoms with Crippen LogP contribution < -0.4 is 5.32 Å². The molecule has 1 aromatic carbocycles. The number of halogens is 1. The molecule has 1 N–H and O–H groups in total. The fraction of sp³-hybridized carbons (Fsp3) is 0.333. The minimum absolute atomic E-state index is 0.0546. The maximum atomic E-state index is 12.1. The van der Waals surface area contributed by atoms with Gasteiger partial charge in [-0.2, -0.15) is 5.10 Å². The summed E-state index contributed by atoms with van der Waals surface area (Å²) in [6, 6.07) is 8.67. The van der Waals surface area contributed by atoms with Gasteiger partial charge in [0.25, 0.3) is 5.91 Å². The van der Waals surface area contributed by atoms with Gasteiger partial charge in [-0.05, 0) is 24.3 Å². The molecule has 0 aliphatic carbocycles. The first-order valence-corrected chi connectivity index (χ1v) is 6.76. The molecule has 0 saturated carbocycles. The van der Waals surface area contributed by atoms with Gasteiger partial charge in [-0.15, -0.1) is 0 Å². The molecule has 0 saturated heterocycles. The molecule has 20 heavy (non-hydrogen) atoms. The van der Waals surface area contributed by atoms with Crippen molar-refractivity contribution >= 4 is 23.3 Å². The average molecular weight is 292 g/mol. The number of anilines is 1. The van der Waals surface area contributed by atoms with Crippen LogP contribution in [0, 0.1) is 0 Å². The summed E-state index contributed by atoms with van der Waals surface area (Å²) in [5.41, 5.74) is 1.44. The number of nitrogens with zero attached hydrogens (tertiary/aromatic N) is 2. The van der Waals surface area contributed by atoms with Gasteiger partial charge in [0, 0.05) is 29.1 Å². The normalized spacial score (nSPS) is 11.4. The second-order valence-electron chi connectivity index (χ2n) is 5.75. The highest BCUT2D eigenvalue weighted by Gasteiger charge is 2.19. The predicted octanol–water partition coefficient (Wildman–Crippen LogP) is 3.62. The zero-order valence-corrected chi connectivity index (χ0v) is 12.8. The van der Waals surface area contributed by atoms with Crippen LogP contribution in [0.4, 0.5) is 5.82 Å². The Balaban J connectivity index is 2.20. The van der Waals surface area contributed by atoms with E-state index < -0.39 is 0 Å². The summed E-state index contributed by atoms with van der Waals surface area (Å²) in [5.74, 6) is 0.500. The zero-order valence-electron chi connectivity index (χ0n) is 12.1. The van der Waals surface area contributed by atoms with Gasteiger partial charge in [-0.3, -0.25) is 9.48 Å². The van der Waals surface area contributed by atoms with E-state index in [9.17, 15) is 4.79 Å². The first kappa shape index (κ1) is 14.6. The number of aromatic nitrogens is 2. The highest BCUT2D eigenvalue weighted by atomic mass is 35.5. The van der Waals surface area contributed by atoms with Crippen molar-refractivity contribution in [2.45, 2.75) is 26.2 Å². The molecule has 0 fully saturated rings. The molecular formula is C15H18ClN3O. The number of carbonyl (C=O) groups is 1. The molecule has 0 atom stereocenters. The topological polar surface area (TPSA) is 46.9 Å². The average Bonchev–Trinajstić information content (AvgIpc) is 2.71. The van der Waals surface area contributed by atoms with E-state index >= 15 is 0 Å². The van der Waals surface area contributed by atoms with Crippen LogP contribution in [0.5, 0.6) is 0 Å². The highest BCUT2D eigenvalue weighted by molar-refractivity contribution is 6.30. The lowest BCUT2D eigenvalue weighted by molar-refractivity contribution is 0.102. The van der Waals surface area contributed by atoms with E-state index in [-0.39, 0.29) is 11.3 Å². The standard InChI is InChI=1S/C15H18ClN3O/c1-15(2,3)12-9-13(19(4)18-12)17-14(20)10-5-7-11(16)8-6-10/h5-9H,1-4H3,(H,17,20). The van der Waals surface area contributed by atoms with Crippen molar-refractivity contribution in [3.63, 3.8) is 0 Å². The first-order valence-electron chi connectivity index (χ1n) is 6.39. The van der Waals surface area contributed by atoms with E-state index in [1.54, 1.807) is 28.9 Å². The Labute approximate surface area is 123 Å². The number of hydrogen-bond acceptors (Lipinski definition) is 2. The molecule has 5 heteroatoms. The number of rotatable bonds is 2. The molecule has 1 heterocycles. The number of benzene rings is 1. The molecule has 0 radical (unpaired) electrons. The molecule has 1 amide bonds. The van der Waals surface area contributed by atoms with E-state index in [1.807, 2.05) is 13.1 Å². The van der Waals surface area contributed by atoms with Gasteiger partial charge in [0.05, 0.1) is 5.69 Å². The van der Waals surface area contributed by atoms with Crippen LogP contribution in [0.1, 0.15) is 36.8 Å². The first-order chi connectivity index (χ1) is 9.27. The van der Waals surface area contributed by atoms with Crippen LogP contribution in [0.3, 0.4) is 0 Å². The van der Waals surface area contributed by atoms with Crippen molar-refractivity contribution < 1.29 is 4.79 Å². The van der Waals surface area contributed by atoms with Crippen molar-refractivity contribution in [2.24, 2.45) is 7.05 Å². The molecule has 0 aliphatic heterocycles. The quantitative estimate of drug-likeness (QED) is 0.918. The fourth-order valence-electron chi connectivity index (χ4n) is 1.74. The monoisotopic (exact) mass is 291 g/mol. The molecule has 2 aromatic rings. The summed E-state index contributed by atoms with van der Waals surface area (Å²) < 4.78 is 1.68. The Morgan fingerprint density at radius 2 is 1.85 bits per heavy atom. The highest BCUT2D eigenvalue weighted by Crippen LogP contribution is 2.23. The summed E-state index contributed by atoms with van der Waals surface area (Å²) in [7, 11) is 1.81. The lowest BCUT2D eigenvalue weighted by Crippen LogP contribution is -2.14. The minimum Gasteiger partial charge on any atom is -0.307 e. The molecule has 0 spiro atoms. The Morgan fingerprint density at radius 1 is 1.25 bits per heavy atom. The number of amides is 1. The lowest BCUT2D eigenvalue weighted by Gasteiger charge is -2.13. The Hall–Kier alpha value is -1.81. The molecular weight excluding hydrogens is 274 g/mol. The van der Waals surface area contributed by atoms with Gasteiger partial charge >= 0.3 is 0 Å². The van der Waals surface area contributed by atoms with Crippen LogP contribution in [-0.2, 0) is 12.5 Å². The maximum absolute atomic E-state index is 12.1. The second kappa shape index (κ2) is 5.29. The third-order valence-electron chi connectivity index (χ3n) is 3.00. The van der Waals surface area contributed by atoms with Crippen LogP contribution in [-0.4, -0.2) is 15.7 Å². The van der Waals surface area contributed by atoms with E-state index in [0.717, 1.165) is 5.69 Å². The largest absolute Gasteiger partial charge is 0.307 e. The van der Waals surface area contributed by atoms with Crippen LogP contribution in [0.25, 0.3) is 0 Å². The van der Waals surface area contributed by atoms with E-state index in [1.165, 1.54) is 0 Å². The van der Waals surface area contributed by atoms with Crippen molar-refractivity contribution in [2.75, 3.05) is 5.32 Å². The summed E-state index contributed by atoms with van der Waals surface area (Å²) in [4.78, 5) is 12.1. The number of carbonyl (C=O) groups excluding carboxylic acids is 1. The Morgan fingerprint density at radius 3 is 2.35 bits per heavy atom. The van der Waals surface area contributed by atoms with Crippen molar-refractivity contribution in [1.29, 1.82) is 0 Å². The number of aryl methyl sites for hydroxylation is 1. The van der Waals surface area contributed by atoms with Gasteiger partial charge in [0.15, 0.2) is 0 Å². The van der Waals surface area contributed by atoms with E-state index in [0.29, 0.717) is 16.4 Å². The zero-order chi connectivity index (χ0) is 14.9. The molecule has 0 bridgehead atoms. The number of nitrogens with one attached hydrogen (secondary N) is 1. The molecule has 2 rings (SSSR count). The lowest BCUT2D eigenvalue weighted by atomic mass is 9.92. The maximum Gasteiger partial charge on any atom is 0.256 e. The SMILES string of the molecule is Cn1nc(C(C)(C)C)cc1NC(=O)c1ccc(Cl)cc1. The summed E-state index contributed by atoms with van der Waals surface area (Å²) in [5, 5.41) is 7.89. The molecule has 106 valence electrons. The van der Waals surface area contributed by atoms with Crippen LogP contribution >= 0.6 is 11.6 Å². The Kier molecular flexibility index (Phi) is 3.86. The fourth-order valence-corrected chi connectivity index (χ4v) is 1.87. The predicted molar refractivity (Wildman–Crippen MR) is 81.3 cm³/mol. The summed E-state index contributed by atoms with van der Waals surface area (Å²) >= 11 is 5.81. The molecule has 0 aliphatic rings. The molecule has 0 unspecified atom stereocenters. The van der Waals surface area contributed by atoms with Crippen LogP contribution in [0.15, 0.2) is 30.3 Å². The van der Waals surface area contributed by atoms with Gasteiger partial charge < -0.3 is 5.32 Å². The third kappa shape index (κ3) is 3.20. The second-order valence-corrected chi connectivity index (χ2v) is 6.19. The summed E-state index contributed by atoms with van der Waals surface area (Å²) in [6.45, 7) is 6.25. The van der Waals surface area contributed by atoms with Gasteiger partial charge in [-0.1, -0.05) is 32.4 Å². The Bertz CT molecular complexity index is 624. The van der Waals surface area contributed by atoms with Crippen molar-refractivity contribution in [3.8, 4) is 0 Å². The van der Waals surface area contributed by atoms with Crippen LogP contribution in [0.2, 0.25) is 5.02 Å². The van der Waals surface area contributed by atoms with Crippen molar-refractivity contribution in [3.05, 3.63) is 46.6 Å². The van der Waals surface area contributed by atoms with Gasteiger partial charge in [-0.25, -0.2) is 0 Å². The van der Waals surface area contributed by atoms with E-state index in [4.69, 9.17) is 11.6 Å². The summed E-state index contributed by atoms with van der Waals surface area (Å²) in [6.07, 6.45) is 0. The van der Waals surface area contributed by atoms with Gasteiger partial charge in [0.1, 0.15) is 5.82 Å².